The summed E-state index contributed by atoms with van der Waals surface area (Å²) in [4.78, 5) is 11.6. The fourth-order valence-corrected chi connectivity index (χ4v) is 3.17. The van der Waals surface area contributed by atoms with Crippen LogP contribution in [0.2, 0.25) is 0 Å². The maximum absolute atomic E-state index is 12.9. The van der Waals surface area contributed by atoms with Crippen molar-refractivity contribution in [1.82, 2.24) is 5.32 Å². The minimum atomic E-state index is -2.48. The van der Waals surface area contributed by atoms with E-state index in [1.54, 1.807) is 11.8 Å². The monoisotopic (exact) mass is 233 g/mol. The number of alkyl halides is 2. The van der Waals surface area contributed by atoms with E-state index in [0.717, 1.165) is 11.5 Å². The lowest BCUT2D eigenvalue weighted by Gasteiger charge is -2.37. The summed E-state index contributed by atoms with van der Waals surface area (Å²) in [6.07, 6.45) is 0.792. The summed E-state index contributed by atoms with van der Waals surface area (Å²) in [6, 6.07) is 0.291. The summed E-state index contributed by atoms with van der Waals surface area (Å²) in [5, 5.41) is 2.91. The maximum atomic E-state index is 12.9. The van der Waals surface area contributed by atoms with E-state index in [-0.39, 0.29) is 18.2 Å². The van der Waals surface area contributed by atoms with Crippen molar-refractivity contribution in [2.45, 2.75) is 31.2 Å². The van der Waals surface area contributed by atoms with E-state index in [0.29, 0.717) is 18.9 Å². The van der Waals surface area contributed by atoms with Gasteiger partial charge in [0.1, 0.15) is 0 Å². The van der Waals surface area contributed by atoms with Crippen LogP contribution < -0.4 is 5.32 Å². The van der Waals surface area contributed by atoms with Crippen molar-refractivity contribution in [1.29, 1.82) is 0 Å². The van der Waals surface area contributed by atoms with Crippen molar-refractivity contribution < 1.29 is 13.6 Å². The molecule has 1 spiro atoms. The molecule has 2 saturated carbocycles. The van der Waals surface area contributed by atoms with E-state index < -0.39 is 11.3 Å². The molecule has 1 amide bonds. The first kappa shape index (κ1) is 9.87. The highest BCUT2D eigenvalue weighted by Gasteiger charge is 2.76. The molecule has 2 aliphatic carbocycles. The highest BCUT2D eigenvalue weighted by molar-refractivity contribution is 8.00. The fraction of sp³-hybridized carbons (Fsp3) is 0.900. The van der Waals surface area contributed by atoms with Crippen LogP contribution in [0, 0.1) is 11.3 Å². The molecule has 0 atom stereocenters. The van der Waals surface area contributed by atoms with Crippen LogP contribution in [0.15, 0.2) is 0 Å². The lowest BCUT2D eigenvalue weighted by atomic mass is 9.71. The minimum absolute atomic E-state index is 0.00304. The number of amides is 1. The summed E-state index contributed by atoms with van der Waals surface area (Å²) in [7, 11) is 0. The van der Waals surface area contributed by atoms with Crippen LogP contribution in [0.3, 0.4) is 0 Å². The van der Waals surface area contributed by atoms with Crippen LogP contribution in [-0.2, 0) is 4.79 Å². The molecule has 0 unspecified atom stereocenters. The standard InChI is InChI=1S/C10H13F2NOS/c11-10(12)5-9(10)1-6(2-9)8(14)13-7-3-15-4-7/h6-7H,1-5H2,(H,13,14). The minimum Gasteiger partial charge on any atom is -0.351 e. The largest absolute Gasteiger partial charge is 0.351 e. The molecule has 5 heteroatoms. The number of nitrogens with one attached hydrogen (secondary N) is 1. The lowest BCUT2D eigenvalue weighted by Crippen LogP contribution is -2.49. The van der Waals surface area contributed by atoms with Gasteiger partial charge in [-0.05, 0) is 12.8 Å². The molecule has 1 aliphatic heterocycles. The van der Waals surface area contributed by atoms with Crippen molar-refractivity contribution in [3.63, 3.8) is 0 Å². The Hall–Kier alpha value is -0.320. The van der Waals surface area contributed by atoms with Crippen LogP contribution in [0.4, 0.5) is 8.78 Å². The summed E-state index contributed by atoms with van der Waals surface area (Å²) < 4.78 is 25.7. The smallest absolute Gasteiger partial charge is 0.254 e. The zero-order chi connectivity index (χ0) is 10.7. The van der Waals surface area contributed by atoms with E-state index in [9.17, 15) is 13.6 Å². The first-order valence-electron chi connectivity index (χ1n) is 5.28. The average molecular weight is 233 g/mol. The molecule has 3 aliphatic rings. The van der Waals surface area contributed by atoms with Gasteiger partial charge in [-0.15, -0.1) is 0 Å². The number of carbonyl (C=O) groups is 1. The van der Waals surface area contributed by atoms with Gasteiger partial charge in [0.2, 0.25) is 5.91 Å². The van der Waals surface area contributed by atoms with Crippen LogP contribution in [0.5, 0.6) is 0 Å². The van der Waals surface area contributed by atoms with Crippen LogP contribution in [-0.4, -0.2) is 29.4 Å². The maximum Gasteiger partial charge on any atom is 0.254 e. The predicted molar refractivity (Wildman–Crippen MR) is 54.0 cm³/mol. The molecule has 0 aromatic heterocycles. The molecule has 3 fully saturated rings. The van der Waals surface area contributed by atoms with Crippen molar-refractivity contribution >= 4 is 17.7 Å². The molecule has 1 N–H and O–H groups in total. The van der Waals surface area contributed by atoms with Gasteiger partial charge in [-0.1, -0.05) is 0 Å². The summed E-state index contributed by atoms with van der Waals surface area (Å²) in [5.74, 6) is -0.687. The average Bonchev–Trinajstić information content (AvgIpc) is 2.58. The second-order valence-corrected chi connectivity index (χ2v) is 6.08. The molecule has 1 heterocycles. The Bertz CT molecular complexity index is 311. The third-order valence-corrected chi connectivity index (χ3v) is 5.12. The number of hydrogen-bond acceptors (Lipinski definition) is 2. The molecule has 0 aromatic carbocycles. The Kier molecular flexibility index (Phi) is 1.89. The predicted octanol–water partition coefficient (Wildman–Crippen LogP) is 1.65. The van der Waals surface area contributed by atoms with Gasteiger partial charge in [0, 0.05) is 35.3 Å². The molecule has 2 nitrogen and oxygen atoms in total. The number of hydrogen-bond donors (Lipinski definition) is 1. The first-order valence-corrected chi connectivity index (χ1v) is 6.44. The summed E-state index contributed by atoms with van der Waals surface area (Å²) in [6.45, 7) is 0. The molecule has 15 heavy (non-hydrogen) atoms. The summed E-state index contributed by atoms with van der Waals surface area (Å²) in [5.41, 5.74) is -0.774. The lowest BCUT2D eigenvalue weighted by molar-refractivity contribution is -0.132. The molecule has 1 saturated heterocycles. The third kappa shape index (κ3) is 1.39. The number of carbonyl (C=O) groups excluding carboxylic acids is 1. The van der Waals surface area contributed by atoms with Gasteiger partial charge < -0.3 is 5.32 Å². The second-order valence-electron chi connectivity index (χ2n) is 5.01. The zero-order valence-corrected chi connectivity index (χ0v) is 9.08. The highest BCUT2D eigenvalue weighted by Crippen LogP contribution is 2.72. The second kappa shape index (κ2) is 2.87. The molecule has 3 rings (SSSR count). The van der Waals surface area contributed by atoms with Gasteiger partial charge in [0.25, 0.3) is 5.92 Å². The molecular weight excluding hydrogens is 220 g/mol. The van der Waals surface area contributed by atoms with E-state index >= 15 is 0 Å². The Labute approximate surface area is 91.2 Å². The molecule has 0 aromatic rings. The number of rotatable bonds is 2. The van der Waals surface area contributed by atoms with Gasteiger partial charge in [0.15, 0.2) is 0 Å². The summed E-state index contributed by atoms with van der Waals surface area (Å²) >= 11 is 1.80. The quantitative estimate of drug-likeness (QED) is 0.785. The highest BCUT2D eigenvalue weighted by atomic mass is 32.2. The van der Waals surface area contributed by atoms with E-state index in [1.807, 2.05) is 0 Å². The Balaban J connectivity index is 1.48. The van der Waals surface area contributed by atoms with E-state index in [1.165, 1.54) is 0 Å². The Morgan fingerprint density at radius 2 is 1.93 bits per heavy atom. The first-order chi connectivity index (χ1) is 7.02. The number of halogens is 2. The SMILES string of the molecule is O=C(NC1CSC1)C1CC2(C1)CC2(F)F. The van der Waals surface area contributed by atoms with Crippen molar-refractivity contribution in [2.75, 3.05) is 11.5 Å². The topological polar surface area (TPSA) is 29.1 Å². The van der Waals surface area contributed by atoms with E-state index in [4.69, 9.17) is 0 Å². The van der Waals surface area contributed by atoms with Crippen molar-refractivity contribution in [2.24, 2.45) is 11.3 Å². The van der Waals surface area contributed by atoms with Crippen molar-refractivity contribution in [3.05, 3.63) is 0 Å². The Morgan fingerprint density at radius 3 is 2.33 bits per heavy atom. The van der Waals surface area contributed by atoms with Gasteiger partial charge >= 0.3 is 0 Å². The molecule has 0 radical (unpaired) electrons. The van der Waals surface area contributed by atoms with Gasteiger partial charge in [-0.3, -0.25) is 4.79 Å². The van der Waals surface area contributed by atoms with Gasteiger partial charge in [0.05, 0.1) is 0 Å². The van der Waals surface area contributed by atoms with Gasteiger partial charge in [-0.25, -0.2) is 8.78 Å². The zero-order valence-electron chi connectivity index (χ0n) is 8.26. The van der Waals surface area contributed by atoms with Crippen molar-refractivity contribution in [3.8, 4) is 0 Å². The molecule has 84 valence electrons. The molecular formula is C10H13F2NOS. The van der Waals surface area contributed by atoms with Crippen LogP contribution in [0.1, 0.15) is 19.3 Å². The van der Waals surface area contributed by atoms with Crippen LogP contribution in [0.25, 0.3) is 0 Å². The Morgan fingerprint density at radius 1 is 1.33 bits per heavy atom. The van der Waals surface area contributed by atoms with E-state index in [2.05, 4.69) is 5.32 Å². The fourth-order valence-electron chi connectivity index (χ4n) is 2.53. The van der Waals surface area contributed by atoms with Crippen LogP contribution >= 0.6 is 11.8 Å². The third-order valence-electron chi connectivity index (χ3n) is 3.84. The molecule has 0 bridgehead atoms. The number of thioether (sulfide) groups is 1. The normalized spacial score (nSPS) is 41.9. The van der Waals surface area contributed by atoms with Gasteiger partial charge in [-0.2, -0.15) is 11.8 Å².